The lowest BCUT2D eigenvalue weighted by Crippen LogP contribution is -2.43. The highest BCUT2D eigenvalue weighted by atomic mass is 35.5. The molecule has 0 aliphatic rings. The van der Waals surface area contributed by atoms with Gasteiger partial charge in [0.2, 0.25) is 5.91 Å². The molecule has 0 aliphatic carbocycles. The molecule has 162 valence electrons. The molecule has 32 heavy (non-hydrogen) atoms. The van der Waals surface area contributed by atoms with Crippen molar-refractivity contribution in [3.8, 4) is 11.4 Å². The summed E-state index contributed by atoms with van der Waals surface area (Å²) >= 11 is 6.12. The second kappa shape index (κ2) is 9.07. The minimum absolute atomic E-state index is 0.176. The Morgan fingerprint density at radius 2 is 1.81 bits per heavy atom. The van der Waals surface area contributed by atoms with Crippen LogP contribution in [-0.4, -0.2) is 27.1 Å². The fourth-order valence-corrected chi connectivity index (χ4v) is 3.53. The van der Waals surface area contributed by atoms with Gasteiger partial charge in [0.15, 0.2) is 5.65 Å². The van der Waals surface area contributed by atoms with E-state index in [2.05, 4.69) is 10.3 Å². The predicted octanol–water partition coefficient (Wildman–Crippen LogP) is 2.53. The van der Waals surface area contributed by atoms with Gasteiger partial charge in [-0.05, 0) is 48.0 Å². The number of methoxy groups -OCH3 is 1. The molecule has 2 aromatic heterocycles. The van der Waals surface area contributed by atoms with Crippen LogP contribution in [0.5, 0.6) is 5.75 Å². The summed E-state index contributed by atoms with van der Waals surface area (Å²) < 4.78 is 7.37. The van der Waals surface area contributed by atoms with Gasteiger partial charge >= 0.3 is 5.69 Å². The number of ether oxygens (including phenoxy) is 1. The molecule has 9 heteroatoms. The van der Waals surface area contributed by atoms with Crippen LogP contribution in [-0.2, 0) is 17.9 Å². The minimum Gasteiger partial charge on any atom is -0.497 e. The molecule has 0 spiro atoms. The van der Waals surface area contributed by atoms with Crippen molar-refractivity contribution < 1.29 is 9.53 Å². The maximum atomic E-state index is 13.3. The molecule has 0 aliphatic heterocycles. The van der Waals surface area contributed by atoms with Crippen molar-refractivity contribution in [2.75, 3.05) is 7.11 Å². The first-order valence-corrected chi connectivity index (χ1v) is 10.1. The first-order chi connectivity index (χ1) is 15.5. The molecule has 0 unspecified atom stereocenters. The van der Waals surface area contributed by atoms with E-state index in [1.165, 1.54) is 10.8 Å². The third-order valence-corrected chi connectivity index (χ3v) is 5.33. The molecule has 2 aromatic carbocycles. The van der Waals surface area contributed by atoms with E-state index >= 15 is 0 Å². The molecule has 2 heterocycles. The van der Waals surface area contributed by atoms with Crippen LogP contribution in [0.4, 0.5) is 0 Å². The number of nitrogens with one attached hydrogen (secondary N) is 1. The lowest BCUT2D eigenvalue weighted by molar-refractivity contribution is -0.121. The first kappa shape index (κ1) is 21.3. The molecule has 1 N–H and O–H groups in total. The maximum absolute atomic E-state index is 13.3. The van der Waals surface area contributed by atoms with Crippen molar-refractivity contribution in [2.45, 2.75) is 13.1 Å². The molecular formula is C23H19ClN4O4. The Balaban J connectivity index is 1.73. The zero-order chi connectivity index (χ0) is 22.7. The van der Waals surface area contributed by atoms with Crippen LogP contribution in [0, 0.1) is 0 Å². The van der Waals surface area contributed by atoms with Gasteiger partial charge in [-0.15, -0.1) is 0 Å². The first-order valence-electron chi connectivity index (χ1n) is 9.74. The number of amides is 1. The number of carbonyl (C=O) groups is 1. The number of fused-ring (bicyclic) bond motifs is 1. The van der Waals surface area contributed by atoms with Crippen LogP contribution in [0.2, 0.25) is 5.02 Å². The highest BCUT2D eigenvalue weighted by Crippen LogP contribution is 2.17. The van der Waals surface area contributed by atoms with Crippen LogP contribution >= 0.6 is 11.6 Å². The van der Waals surface area contributed by atoms with Crippen molar-refractivity contribution >= 4 is 28.5 Å². The van der Waals surface area contributed by atoms with Crippen LogP contribution in [0.1, 0.15) is 5.56 Å². The fraction of sp³-hybridized carbons (Fsp3) is 0.130. The third kappa shape index (κ3) is 4.13. The van der Waals surface area contributed by atoms with Gasteiger partial charge in [0, 0.05) is 17.8 Å². The van der Waals surface area contributed by atoms with Crippen molar-refractivity contribution in [2.24, 2.45) is 0 Å². The zero-order valence-corrected chi connectivity index (χ0v) is 17.9. The van der Waals surface area contributed by atoms with Crippen molar-refractivity contribution in [1.82, 2.24) is 19.4 Å². The third-order valence-electron chi connectivity index (χ3n) is 4.96. The van der Waals surface area contributed by atoms with E-state index in [0.29, 0.717) is 16.5 Å². The lowest BCUT2D eigenvalue weighted by Gasteiger charge is -2.14. The molecule has 0 bridgehead atoms. The summed E-state index contributed by atoms with van der Waals surface area (Å²) in [4.78, 5) is 43.1. The second-order valence-electron chi connectivity index (χ2n) is 6.95. The normalized spacial score (nSPS) is 10.8. The van der Waals surface area contributed by atoms with Crippen LogP contribution in [0.25, 0.3) is 16.7 Å². The summed E-state index contributed by atoms with van der Waals surface area (Å²) in [6.07, 6.45) is 1.50. The predicted molar refractivity (Wildman–Crippen MR) is 121 cm³/mol. The van der Waals surface area contributed by atoms with Crippen LogP contribution in [0.3, 0.4) is 0 Å². The summed E-state index contributed by atoms with van der Waals surface area (Å²) in [5.41, 5.74) is 0.174. The number of carbonyl (C=O) groups excluding carboxylic acids is 1. The molecular weight excluding hydrogens is 432 g/mol. The summed E-state index contributed by atoms with van der Waals surface area (Å²) in [6.45, 7) is -0.266. The van der Waals surface area contributed by atoms with Gasteiger partial charge in [-0.1, -0.05) is 29.8 Å². The number of halogens is 1. The molecule has 4 rings (SSSR count). The number of hydrogen-bond donors (Lipinski definition) is 1. The Labute approximate surface area is 187 Å². The van der Waals surface area contributed by atoms with Gasteiger partial charge in [-0.3, -0.25) is 9.59 Å². The summed E-state index contributed by atoms with van der Waals surface area (Å²) in [5, 5.41) is 3.44. The van der Waals surface area contributed by atoms with E-state index in [1.54, 1.807) is 61.7 Å². The molecule has 0 atom stereocenters. The lowest BCUT2D eigenvalue weighted by atomic mass is 10.2. The highest BCUT2D eigenvalue weighted by molar-refractivity contribution is 6.31. The molecule has 4 aromatic rings. The Kier molecular flexibility index (Phi) is 6.04. The van der Waals surface area contributed by atoms with Gasteiger partial charge in [-0.2, -0.15) is 0 Å². The average molecular weight is 451 g/mol. The van der Waals surface area contributed by atoms with E-state index in [9.17, 15) is 14.4 Å². The Hall–Kier alpha value is -3.91. The second-order valence-corrected chi connectivity index (χ2v) is 7.36. The number of benzene rings is 2. The average Bonchev–Trinajstić information content (AvgIpc) is 2.82. The molecule has 0 fully saturated rings. The number of aromatic nitrogens is 3. The fourth-order valence-electron chi connectivity index (χ4n) is 3.32. The summed E-state index contributed by atoms with van der Waals surface area (Å²) in [5.74, 6) is 0.125. The van der Waals surface area contributed by atoms with Crippen molar-refractivity contribution in [3.63, 3.8) is 0 Å². The van der Waals surface area contributed by atoms with Crippen molar-refractivity contribution in [1.29, 1.82) is 0 Å². The zero-order valence-electron chi connectivity index (χ0n) is 17.1. The monoisotopic (exact) mass is 450 g/mol. The van der Waals surface area contributed by atoms with Gasteiger partial charge in [0.25, 0.3) is 5.56 Å². The standard InChI is InChI=1S/C23H19ClN4O4/c1-32-17-10-8-16(9-11-17)28-21-18(6-4-12-25-21)22(30)27(23(28)31)14-20(29)26-13-15-5-2-3-7-19(15)24/h2-12H,13-14H2,1H3,(H,26,29). The molecule has 0 radical (unpaired) electrons. The van der Waals surface area contributed by atoms with Gasteiger partial charge in [0.05, 0.1) is 18.2 Å². The SMILES string of the molecule is COc1ccc(-n2c(=O)n(CC(=O)NCc3ccccc3Cl)c(=O)c3cccnc32)cc1. The Morgan fingerprint density at radius 3 is 2.53 bits per heavy atom. The topological polar surface area (TPSA) is 95.2 Å². The molecule has 1 amide bonds. The van der Waals surface area contributed by atoms with Gasteiger partial charge in [-0.25, -0.2) is 18.9 Å². The maximum Gasteiger partial charge on any atom is 0.337 e. The van der Waals surface area contributed by atoms with Crippen LogP contribution < -0.4 is 21.3 Å². The molecule has 0 saturated carbocycles. The molecule has 8 nitrogen and oxygen atoms in total. The quantitative estimate of drug-likeness (QED) is 0.487. The Bertz CT molecular complexity index is 1410. The van der Waals surface area contributed by atoms with Gasteiger partial charge < -0.3 is 10.1 Å². The van der Waals surface area contributed by atoms with E-state index < -0.39 is 23.7 Å². The Morgan fingerprint density at radius 1 is 1.06 bits per heavy atom. The summed E-state index contributed by atoms with van der Waals surface area (Å²) in [7, 11) is 1.54. The summed E-state index contributed by atoms with van der Waals surface area (Å²) in [6, 6.07) is 17.0. The van der Waals surface area contributed by atoms with E-state index in [1.807, 2.05) is 6.07 Å². The number of hydrogen-bond acceptors (Lipinski definition) is 5. The largest absolute Gasteiger partial charge is 0.497 e. The minimum atomic E-state index is -0.667. The van der Waals surface area contributed by atoms with E-state index in [-0.39, 0.29) is 17.6 Å². The van der Waals surface area contributed by atoms with Crippen LogP contribution in [0.15, 0.2) is 76.4 Å². The number of nitrogens with zero attached hydrogens (tertiary/aromatic N) is 3. The smallest absolute Gasteiger partial charge is 0.337 e. The van der Waals surface area contributed by atoms with E-state index in [0.717, 1.165) is 10.1 Å². The van der Waals surface area contributed by atoms with Crippen molar-refractivity contribution in [3.05, 3.63) is 98.3 Å². The number of rotatable bonds is 6. The van der Waals surface area contributed by atoms with Gasteiger partial charge in [0.1, 0.15) is 12.3 Å². The number of pyridine rings is 1. The van der Waals surface area contributed by atoms with E-state index in [4.69, 9.17) is 16.3 Å². The highest BCUT2D eigenvalue weighted by Gasteiger charge is 2.17. The molecule has 0 saturated heterocycles.